The van der Waals surface area contributed by atoms with Gasteiger partial charge < -0.3 is 4.74 Å². The third-order valence-electron chi connectivity index (χ3n) is 3.05. The summed E-state index contributed by atoms with van der Waals surface area (Å²) in [4.78, 5) is 27.6. The lowest BCUT2D eigenvalue weighted by molar-refractivity contribution is -0.163. The molecule has 4 nitrogen and oxygen atoms in total. The minimum atomic E-state index is -0.507. The van der Waals surface area contributed by atoms with Gasteiger partial charge in [0.05, 0.1) is 12.8 Å². The second-order valence-corrected chi connectivity index (χ2v) is 5.59. The van der Waals surface area contributed by atoms with Crippen molar-refractivity contribution in [1.82, 2.24) is 4.98 Å². The first-order valence-electron chi connectivity index (χ1n) is 6.07. The molecule has 6 heteroatoms. The van der Waals surface area contributed by atoms with Crippen LogP contribution in [0.25, 0.3) is 10.6 Å². The Labute approximate surface area is 118 Å². The summed E-state index contributed by atoms with van der Waals surface area (Å²) in [5, 5.41) is 0.672. The number of nitrogens with zero attached hydrogens (tertiary/aromatic N) is 1. The number of rotatable bonds is 2. The maximum Gasteiger partial charge on any atom is 0.314 e. The van der Waals surface area contributed by atoms with Crippen molar-refractivity contribution >= 4 is 23.3 Å². The van der Waals surface area contributed by atoms with E-state index in [0.717, 1.165) is 4.88 Å². The van der Waals surface area contributed by atoms with Crippen molar-refractivity contribution in [3.05, 3.63) is 41.2 Å². The number of aromatic nitrogens is 1. The van der Waals surface area contributed by atoms with E-state index in [4.69, 9.17) is 0 Å². The Morgan fingerprint density at radius 1 is 1.25 bits per heavy atom. The van der Waals surface area contributed by atoms with E-state index in [1.807, 2.05) is 0 Å². The molecule has 0 amide bonds. The van der Waals surface area contributed by atoms with Crippen molar-refractivity contribution in [1.29, 1.82) is 0 Å². The average molecular weight is 291 g/mol. The molecule has 2 heterocycles. The summed E-state index contributed by atoms with van der Waals surface area (Å²) in [5.41, 5.74) is 0.686. The van der Waals surface area contributed by atoms with Gasteiger partial charge in [0.15, 0.2) is 0 Å². The first-order chi connectivity index (χ1) is 9.61. The van der Waals surface area contributed by atoms with Crippen LogP contribution in [0.2, 0.25) is 0 Å². The van der Waals surface area contributed by atoms with E-state index < -0.39 is 11.9 Å². The van der Waals surface area contributed by atoms with E-state index in [9.17, 15) is 14.0 Å². The number of hydrogen-bond donors (Lipinski definition) is 0. The van der Waals surface area contributed by atoms with Gasteiger partial charge in [-0.05, 0) is 12.1 Å². The van der Waals surface area contributed by atoms with Gasteiger partial charge in [-0.15, -0.1) is 11.3 Å². The molecule has 1 fully saturated rings. The first-order valence-corrected chi connectivity index (χ1v) is 6.88. The summed E-state index contributed by atoms with van der Waals surface area (Å²) >= 11 is 1.37. The van der Waals surface area contributed by atoms with Gasteiger partial charge in [0.1, 0.15) is 10.8 Å². The number of carbonyl (C=O) groups is 2. The highest BCUT2D eigenvalue weighted by Gasteiger charge is 2.29. The fourth-order valence-corrected chi connectivity index (χ4v) is 3.13. The van der Waals surface area contributed by atoms with E-state index >= 15 is 0 Å². The summed E-state index contributed by atoms with van der Waals surface area (Å²) in [6.07, 6.45) is 1.99. The Kier molecular flexibility index (Phi) is 3.31. The van der Waals surface area contributed by atoms with Crippen LogP contribution in [0.4, 0.5) is 4.39 Å². The molecule has 1 saturated heterocycles. The number of benzene rings is 1. The number of hydrogen-bond acceptors (Lipinski definition) is 5. The van der Waals surface area contributed by atoms with Gasteiger partial charge in [-0.3, -0.25) is 9.59 Å². The highest BCUT2D eigenvalue weighted by Crippen LogP contribution is 2.35. The molecule has 1 aromatic carbocycles. The number of halogens is 1. The summed E-state index contributed by atoms with van der Waals surface area (Å²) in [7, 11) is 0. The first kappa shape index (κ1) is 12.9. The molecule has 1 aromatic heterocycles. The zero-order valence-electron chi connectivity index (χ0n) is 10.3. The van der Waals surface area contributed by atoms with Crippen LogP contribution in [0.15, 0.2) is 30.5 Å². The second-order valence-electron chi connectivity index (χ2n) is 4.53. The van der Waals surface area contributed by atoms with Crippen molar-refractivity contribution in [3.63, 3.8) is 0 Å². The molecule has 0 spiro atoms. The summed E-state index contributed by atoms with van der Waals surface area (Å²) in [6, 6.07) is 6.16. The van der Waals surface area contributed by atoms with Crippen molar-refractivity contribution in [2.24, 2.45) is 0 Å². The van der Waals surface area contributed by atoms with Crippen LogP contribution >= 0.6 is 11.3 Å². The smallest absolute Gasteiger partial charge is 0.314 e. The lowest BCUT2D eigenvalue weighted by Gasteiger charge is -2.17. The highest BCUT2D eigenvalue weighted by atomic mass is 32.1. The van der Waals surface area contributed by atoms with Crippen LogP contribution in [0.1, 0.15) is 23.6 Å². The number of ether oxygens (including phenoxy) is 1. The van der Waals surface area contributed by atoms with E-state index in [2.05, 4.69) is 9.72 Å². The van der Waals surface area contributed by atoms with Gasteiger partial charge >= 0.3 is 11.9 Å². The molecule has 2 aromatic rings. The maximum atomic E-state index is 13.2. The van der Waals surface area contributed by atoms with Crippen molar-refractivity contribution in [2.75, 3.05) is 0 Å². The summed E-state index contributed by atoms with van der Waals surface area (Å²) < 4.78 is 17.7. The predicted octanol–water partition coefficient (Wildman–Crippen LogP) is 2.90. The molecular formula is C14H10FNO3S. The monoisotopic (exact) mass is 291 g/mol. The Morgan fingerprint density at radius 3 is 2.70 bits per heavy atom. The Morgan fingerprint density at radius 2 is 2.00 bits per heavy atom. The van der Waals surface area contributed by atoms with E-state index in [1.54, 1.807) is 18.3 Å². The van der Waals surface area contributed by atoms with E-state index in [0.29, 0.717) is 10.6 Å². The molecule has 0 unspecified atom stereocenters. The molecule has 102 valence electrons. The standard InChI is InChI=1S/C14H10FNO3S/c15-10-3-1-2-8(4-10)14-16-7-11(20-14)9-5-12(17)19-13(18)6-9/h1-4,7,9H,5-6H2. The molecule has 20 heavy (non-hydrogen) atoms. The topological polar surface area (TPSA) is 56.3 Å². The van der Waals surface area contributed by atoms with Gasteiger partial charge in [0.2, 0.25) is 0 Å². The minimum absolute atomic E-state index is 0.177. The summed E-state index contributed by atoms with van der Waals surface area (Å²) in [5.74, 6) is -1.53. The van der Waals surface area contributed by atoms with Crippen LogP contribution in [0, 0.1) is 5.82 Å². The lowest BCUT2D eigenvalue weighted by atomic mass is 9.98. The van der Waals surface area contributed by atoms with E-state index in [-0.39, 0.29) is 24.6 Å². The maximum absolute atomic E-state index is 13.2. The van der Waals surface area contributed by atoms with E-state index in [1.165, 1.54) is 23.5 Å². The molecule has 0 N–H and O–H groups in total. The van der Waals surface area contributed by atoms with Gasteiger partial charge in [-0.2, -0.15) is 0 Å². The molecule has 1 aliphatic heterocycles. The van der Waals surface area contributed by atoms with Crippen molar-refractivity contribution in [2.45, 2.75) is 18.8 Å². The molecular weight excluding hydrogens is 281 g/mol. The van der Waals surface area contributed by atoms with Crippen molar-refractivity contribution < 1.29 is 18.7 Å². The average Bonchev–Trinajstić information content (AvgIpc) is 2.87. The minimum Gasteiger partial charge on any atom is -0.393 e. The van der Waals surface area contributed by atoms with Crippen LogP contribution in [0.3, 0.4) is 0 Å². The molecule has 1 aliphatic rings. The van der Waals surface area contributed by atoms with Crippen LogP contribution in [-0.2, 0) is 14.3 Å². The third kappa shape index (κ3) is 2.60. The van der Waals surface area contributed by atoms with Gasteiger partial charge in [0.25, 0.3) is 0 Å². The molecule has 0 bridgehead atoms. The number of esters is 2. The van der Waals surface area contributed by atoms with Crippen LogP contribution in [-0.4, -0.2) is 16.9 Å². The van der Waals surface area contributed by atoms with Crippen molar-refractivity contribution in [3.8, 4) is 10.6 Å². The molecule has 0 aliphatic carbocycles. The second kappa shape index (κ2) is 5.13. The number of thiazole rings is 1. The zero-order valence-corrected chi connectivity index (χ0v) is 11.2. The molecule has 0 saturated carbocycles. The molecule has 3 rings (SSSR count). The van der Waals surface area contributed by atoms with Gasteiger partial charge in [-0.25, -0.2) is 9.37 Å². The Balaban J connectivity index is 1.87. The Bertz CT molecular complexity index is 667. The fraction of sp³-hybridized carbons (Fsp3) is 0.214. The van der Waals surface area contributed by atoms with Crippen LogP contribution in [0.5, 0.6) is 0 Å². The third-order valence-corrected chi connectivity index (χ3v) is 4.26. The Hall–Kier alpha value is -2.08. The predicted molar refractivity (Wildman–Crippen MR) is 70.6 cm³/mol. The van der Waals surface area contributed by atoms with Crippen LogP contribution < -0.4 is 0 Å². The number of carbonyl (C=O) groups excluding carboxylic acids is 2. The quantitative estimate of drug-likeness (QED) is 0.630. The fourth-order valence-electron chi connectivity index (χ4n) is 2.12. The molecule has 0 radical (unpaired) electrons. The van der Waals surface area contributed by atoms with Gasteiger partial charge in [-0.1, -0.05) is 12.1 Å². The number of cyclic esters (lactones) is 2. The molecule has 0 atom stereocenters. The zero-order chi connectivity index (χ0) is 14.1. The largest absolute Gasteiger partial charge is 0.393 e. The SMILES string of the molecule is O=C1CC(c2cnc(-c3cccc(F)c3)s2)CC(=O)O1. The summed E-state index contributed by atoms with van der Waals surface area (Å²) in [6.45, 7) is 0. The van der Waals surface area contributed by atoms with Gasteiger partial charge in [0, 0.05) is 22.6 Å². The lowest BCUT2D eigenvalue weighted by Crippen LogP contribution is -2.23. The highest BCUT2D eigenvalue weighted by molar-refractivity contribution is 7.15. The normalized spacial score (nSPS) is 16.2.